The van der Waals surface area contributed by atoms with E-state index in [0.717, 1.165) is 18.7 Å². The maximum atomic E-state index is 8.45. The lowest BCUT2D eigenvalue weighted by molar-refractivity contribution is 0.465. The van der Waals surface area contributed by atoms with Crippen molar-refractivity contribution in [2.75, 3.05) is 13.1 Å². The zero-order valence-electron chi connectivity index (χ0n) is 6.30. The standard InChI is InChI=1S/C8H12N2/c1-8(6-9)7-10-4-2-3-5-10/h7H,2-5H2,1H3/b8-7-. The molecule has 0 aromatic rings. The highest BCUT2D eigenvalue weighted by atomic mass is 15.1. The van der Waals surface area contributed by atoms with Gasteiger partial charge in [-0.15, -0.1) is 0 Å². The molecule has 10 heavy (non-hydrogen) atoms. The van der Waals surface area contributed by atoms with Crippen LogP contribution in [-0.4, -0.2) is 18.0 Å². The van der Waals surface area contributed by atoms with Crippen molar-refractivity contribution >= 4 is 0 Å². The molecule has 0 bridgehead atoms. The van der Waals surface area contributed by atoms with Crippen LogP contribution in [0.2, 0.25) is 0 Å². The highest BCUT2D eigenvalue weighted by Crippen LogP contribution is 2.08. The van der Waals surface area contributed by atoms with Gasteiger partial charge < -0.3 is 4.90 Å². The minimum atomic E-state index is 0.807. The Bertz CT molecular complexity index is 170. The van der Waals surface area contributed by atoms with Gasteiger partial charge in [-0.05, 0) is 19.8 Å². The molecule has 1 heterocycles. The van der Waals surface area contributed by atoms with Crippen molar-refractivity contribution in [3.8, 4) is 6.07 Å². The predicted molar refractivity (Wildman–Crippen MR) is 40.2 cm³/mol. The minimum Gasteiger partial charge on any atom is -0.377 e. The summed E-state index contributed by atoms with van der Waals surface area (Å²) in [6, 6.07) is 2.11. The van der Waals surface area contributed by atoms with Crippen LogP contribution < -0.4 is 0 Å². The topological polar surface area (TPSA) is 27.0 Å². The Hall–Kier alpha value is -0.970. The SMILES string of the molecule is C/C(C#N)=C/N1CCCC1. The summed E-state index contributed by atoms with van der Waals surface area (Å²) in [6.07, 6.45) is 4.50. The van der Waals surface area contributed by atoms with Crippen LogP contribution in [0.1, 0.15) is 19.8 Å². The van der Waals surface area contributed by atoms with Crippen LogP contribution in [-0.2, 0) is 0 Å². The summed E-state index contributed by atoms with van der Waals surface area (Å²) < 4.78 is 0. The van der Waals surface area contributed by atoms with Crippen molar-refractivity contribution < 1.29 is 0 Å². The molecule has 1 saturated heterocycles. The molecule has 1 rings (SSSR count). The van der Waals surface area contributed by atoms with Gasteiger partial charge in [-0.2, -0.15) is 5.26 Å². The van der Waals surface area contributed by atoms with Crippen molar-refractivity contribution in [2.45, 2.75) is 19.8 Å². The molecule has 0 atom stereocenters. The fraction of sp³-hybridized carbons (Fsp3) is 0.625. The largest absolute Gasteiger partial charge is 0.377 e. The molecule has 54 valence electrons. The highest BCUT2D eigenvalue weighted by molar-refractivity contribution is 5.16. The molecular formula is C8H12N2. The summed E-state index contributed by atoms with van der Waals surface area (Å²) in [4.78, 5) is 2.21. The molecule has 0 aliphatic carbocycles. The summed E-state index contributed by atoms with van der Waals surface area (Å²) >= 11 is 0. The number of hydrogen-bond acceptors (Lipinski definition) is 2. The molecule has 0 N–H and O–H groups in total. The van der Waals surface area contributed by atoms with Gasteiger partial charge in [0.05, 0.1) is 6.07 Å². The smallest absolute Gasteiger partial charge is 0.0959 e. The van der Waals surface area contributed by atoms with E-state index in [1.807, 2.05) is 13.1 Å². The predicted octanol–water partition coefficient (Wildman–Crippen LogP) is 1.51. The normalized spacial score (nSPS) is 19.2. The van der Waals surface area contributed by atoms with E-state index in [2.05, 4.69) is 11.0 Å². The molecule has 0 aromatic heterocycles. The average molecular weight is 136 g/mol. The van der Waals surface area contributed by atoms with Crippen molar-refractivity contribution in [1.29, 1.82) is 5.26 Å². The third kappa shape index (κ3) is 1.77. The Morgan fingerprint density at radius 3 is 2.60 bits per heavy atom. The lowest BCUT2D eigenvalue weighted by atomic mass is 10.4. The Balaban J connectivity index is 2.44. The van der Waals surface area contributed by atoms with Crippen LogP contribution in [0.4, 0.5) is 0 Å². The first-order chi connectivity index (χ1) is 4.83. The molecule has 2 nitrogen and oxygen atoms in total. The van der Waals surface area contributed by atoms with E-state index in [4.69, 9.17) is 5.26 Å². The lowest BCUT2D eigenvalue weighted by Crippen LogP contribution is -2.10. The first-order valence-corrected chi connectivity index (χ1v) is 3.65. The number of hydrogen-bond donors (Lipinski definition) is 0. The Morgan fingerprint density at radius 2 is 2.10 bits per heavy atom. The van der Waals surface area contributed by atoms with E-state index >= 15 is 0 Å². The molecule has 0 aromatic carbocycles. The fourth-order valence-electron chi connectivity index (χ4n) is 1.17. The third-order valence-corrected chi connectivity index (χ3v) is 1.69. The molecule has 0 radical (unpaired) electrons. The number of likely N-dealkylation sites (tertiary alicyclic amines) is 1. The summed E-state index contributed by atoms with van der Waals surface area (Å²) in [5, 5.41) is 8.45. The van der Waals surface area contributed by atoms with E-state index in [-0.39, 0.29) is 0 Å². The second-order valence-electron chi connectivity index (χ2n) is 2.67. The molecule has 2 heteroatoms. The summed E-state index contributed by atoms with van der Waals surface area (Å²) in [5.74, 6) is 0. The van der Waals surface area contributed by atoms with Crippen LogP contribution in [0.15, 0.2) is 11.8 Å². The van der Waals surface area contributed by atoms with Gasteiger partial charge >= 0.3 is 0 Å². The fourth-order valence-corrected chi connectivity index (χ4v) is 1.17. The zero-order chi connectivity index (χ0) is 7.40. The van der Waals surface area contributed by atoms with Crippen molar-refractivity contribution in [2.24, 2.45) is 0 Å². The van der Waals surface area contributed by atoms with E-state index in [9.17, 15) is 0 Å². The number of allylic oxidation sites excluding steroid dienone is 1. The van der Waals surface area contributed by atoms with Crippen LogP contribution in [0.3, 0.4) is 0 Å². The molecular weight excluding hydrogens is 124 g/mol. The molecule has 1 aliphatic heterocycles. The molecule has 0 unspecified atom stereocenters. The van der Waals surface area contributed by atoms with Crippen LogP contribution in [0.25, 0.3) is 0 Å². The number of nitriles is 1. The van der Waals surface area contributed by atoms with Crippen molar-refractivity contribution in [3.63, 3.8) is 0 Å². The lowest BCUT2D eigenvalue weighted by Gasteiger charge is -2.09. The first-order valence-electron chi connectivity index (χ1n) is 3.65. The van der Waals surface area contributed by atoms with Gasteiger partial charge in [0.2, 0.25) is 0 Å². The molecule has 0 amide bonds. The maximum Gasteiger partial charge on any atom is 0.0959 e. The minimum absolute atomic E-state index is 0.807. The molecule has 0 saturated carbocycles. The third-order valence-electron chi connectivity index (χ3n) is 1.69. The summed E-state index contributed by atoms with van der Waals surface area (Å²) in [7, 11) is 0. The van der Waals surface area contributed by atoms with E-state index in [1.165, 1.54) is 12.8 Å². The quantitative estimate of drug-likeness (QED) is 0.511. The van der Waals surface area contributed by atoms with Crippen LogP contribution in [0.5, 0.6) is 0 Å². The Labute approximate surface area is 61.8 Å². The first kappa shape index (κ1) is 7.14. The van der Waals surface area contributed by atoms with Gasteiger partial charge in [0.15, 0.2) is 0 Å². The monoisotopic (exact) mass is 136 g/mol. The van der Waals surface area contributed by atoms with Gasteiger partial charge in [0, 0.05) is 24.9 Å². The van der Waals surface area contributed by atoms with E-state index in [1.54, 1.807) is 0 Å². The van der Waals surface area contributed by atoms with Gasteiger partial charge in [-0.25, -0.2) is 0 Å². The highest BCUT2D eigenvalue weighted by Gasteiger charge is 2.06. The van der Waals surface area contributed by atoms with Crippen LogP contribution in [0, 0.1) is 11.3 Å². The molecule has 0 spiro atoms. The number of rotatable bonds is 1. The van der Waals surface area contributed by atoms with Gasteiger partial charge in [0.25, 0.3) is 0 Å². The summed E-state index contributed by atoms with van der Waals surface area (Å²) in [6.45, 7) is 4.09. The number of nitrogens with zero attached hydrogens (tertiary/aromatic N) is 2. The summed E-state index contributed by atoms with van der Waals surface area (Å²) in [5.41, 5.74) is 0.807. The molecule has 1 fully saturated rings. The van der Waals surface area contributed by atoms with Gasteiger partial charge in [-0.3, -0.25) is 0 Å². The maximum absolute atomic E-state index is 8.45. The van der Waals surface area contributed by atoms with Crippen molar-refractivity contribution in [1.82, 2.24) is 4.90 Å². The zero-order valence-corrected chi connectivity index (χ0v) is 6.30. The van der Waals surface area contributed by atoms with Gasteiger partial charge in [0.1, 0.15) is 0 Å². The van der Waals surface area contributed by atoms with Crippen LogP contribution >= 0.6 is 0 Å². The van der Waals surface area contributed by atoms with Gasteiger partial charge in [-0.1, -0.05) is 0 Å². The molecule has 1 aliphatic rings. The van der Waals surface area contributed by atoms with Crippen molar-refractivity contribution in [3.05, 3.63) is 11.8 Å². The second kappa shape index (κ2) is 3.26. The second-order valence-corrected chi connectivity index (χ2v) is 2.67. The Kier molecular flexibility index (Phi) is 2.33. The van der Waals surface area contributed by atoms with E-state index in [0.29, 0.717) is 0 Å². The average Bonchev–Trinajstić information content (AvgIpc) is 2.40. The Morgan fingerprint density at radius 1 is 1.50 bits per heavy atom. The van der Waals surface area contributed by atoms with E-state index < -0.39 is 0 Å².